The zero-order chi connectivity index (χ0) is 10.6. The minimum atomic E-state index is -0.489. The molecule has 0 aromatic rings. The van der Waals surface area contributed by atoms with Crippen molar-refractivity contribution in [2.45, 2.75) is 44.8 Å². The second-order valence-electron chi connectivity index (χ2n) is 4.54. The molecule has 1 aliphatic heterocycles. The zero-order valence-electron chi connectivity index (χ0n) is 9.71. The van der Waals surface area contributed by atoms with Crippen molar-refractivity contribution in [1.29, 1.82) is 0 Å². The van der Waals surface area contributed by atoms with E-state index < -0.39 is 5.60 Å². The molecule has 0 radical (unpaired) electrons. The lowest BCUT2D eigenvalue weighted by molar-refractivity contribution is 0.0153. The normalized spacial score (nSPS) is 27.9. The third-order valence-electron chi connectivity index (χ3n) is 3.33. The third kappa shape index (κ3) is 2.94. The lowest BCUT2D eigenvalue weighted by Crippen LogP contribution is -2.46. The first-order valence-corrected chi connectivity index (χ1v) is 5.74. The number of rotatable bonds is 5. The molecule has 0 aromatic carbocycles. The summed E-state index contributed by atoms with van der Waals surface area (Å²) in [7, 11) is 2.12. The Morgan fingerprint density at radius 2 is 2.07 bits per heavy atom. The molecule has 1 atom stereocenters. The van der Waals surface area contributed by atoms with Gasteiger partial charge in [-0.05, 0) is 32.9 Å². The molecule has 1 unspecified atom stereocenters. The van der Waals surface area contributed by atoms with E-state index in [-0.39, 0.29) is 0 Å². The van der Waals surface area contributed by atoms with E-state index in [0.717, 1.165) is 38.9 Å². The highest BCUT2D eigenvalue weighted by Crippen LogP contribution is 2.18. The quantitative estimate of drug-likeness (QED) is 0.690. The molecule has 0 saturated carbocycles. The van der Waals surface area contributed by atoms with Crippen molar-refractivity contribution >= 4 is 0 Å². The minimum absolute atomic E-state index is 0.489. The highest BCUT2D eigenvalue weighted by Gasteiger charge is 2.33. The number of nitrogens with zero attached hydrogens (tertiary/aromatic N) is 1. The van der Waals surface area contributed by atoms with E-state index in [4.69, 9.17) is 0 Å². The average Bonchev–Trinajstić information content (AvgIpc) is 2.54. The molecule has 3 heteroatoms. The summed E-state index contributed by atoms with van der Waals surface area (Å²) in [5, 5.41) is 13.4. The Balaban J connectivity index is 2.41. The maximum absolute atomic E-state index is 10.2. The molecule has 0 bridgehead atoms. The molecule has 0 aromatic heterocycles. The van der Waals surface area contributed by atoms with Crippen molar-refractivity contribution in [3.05, 3.63) is 0 Å². The molecule has 0 amide bonds. The van der Waals surface area contributed by atoms with Crippen molar-refractivity contribution < 1.29 is 5.11 Å². The molecule has 1 rings (SSSR count). The first kappa shape index (κ1) is 12.0. The van der Waals surface area contributed by atoms with Crippen LogP contribution in [0.5, 0.6) is 0 Å². The molecule has 1 heterocycles. The molecule has 14 heavy (non-hydrogen) atoms. The van der Waals surface area contributed by atoms with E-state index in [9.17, 15) is 5.11 Å². The fraction of sp³-hybridized carbons (Fsp3) is 1.00. The molecule has 0 aliphatic carbocycles. The van der Waals surface area contributed by atoms with Crippen LogP contribution in [0.4, 0.5) is 0 Å². The van der Waals surface area contributed by atoms with E-state index >= 15 is 0 Å². The van der Waals surface area contributed by atoms with Gasteiger partial charge in [-0.15, -0.1) is 0 Å². The molecular formula is C11H24N2O. The Labute approximate surface area is 87.5 Å². The molecule has 84 valence electrons. The summed E-state index contributed by atoms with van der Waals surface area (Å²) in [4.78, 5) is 2.30. The minimum Gasteiger partial charge on any atom is -0.387 e. The maximum atomic E-state index is 10.2. The lowest BCUT2D eigenvalue weighted by Gasteiger charge is -2.33. The topological polar surface area (TPSA) is 35.5 Å². The Kier molecular flexibility index (Phi) is 4.35. The predicted octanol–water partition coefficient (Wildman–Crippen LogP) is 0.831. The van der Waals surface area contributed by atoms with Crippen LogP contribution in [0.1, 0.15) is 33.1 Å². The van der Waals surface area contributed by atoms with Gasteiger partial charge in [0.05, 0.1) is 5.60 Å². The third-order valence-corrected chi connectivity index (χ3v) is 3.33. The first-order chi connectivity index (χ1) is 6.61. The summed E-state index contributed by atoms with van der Waals surface area (Å²) in [5.74, 6) is 0. The van der Waals surface area contributed by atoms with Crippen LogP contribution in [0.3, 0.4) is 0 Å². The summed E-state index contributed by atoms with van der Waals surface area (Å²) in [5.41, 5.74) is -0.489. The van der Waals surface area contributed by atoms with Crippen molar-refractivity contribution in [3.63, 3.8) is 0 Å². The standard InChI is InChI=1S/C11H24N2O/c1-4-10(5-2)13(3)9-11(14)6-7-12-8-11/h10,12,14H,4-9H2,1-3H3. The van der Waals surface area contributed by atoms with Gasteiger partial charge in [0.15, 0.2) is 0 Å². The van der Waals surface area contributed by atoms with Gasteiger partial charge in [-0.1, -0.05) is 13.8 Å². The molecule has 2 N–H and O–H groups in total. The molecular weight excluding hydrogens is 176 g/mol. The Bertz CT molecular complexity index is 163. The van der Waals surface area contributed by atoms with Gasteiger partial charge in [0.1, 0.15) is 0 Å². The van der Waals surface area contributed by atoms with Crippen LogP contribution < -0.4 is 5.32 Å². The van der Waals surface area contributed by atoms with Gasteiger partial charge in [0, 0.05) is 19.1 Å². The largest absolute Gasteiger partial charge is 0.387 e. The maximum Gasteiger partial charge on any atom is 0.0909 e. The number of nitrogens with one attached hydrogen (secondary N) is 1. The van der Waals surface area contributed by atoms with Gasteiger partial charge in [-0.2, -0.15) is 0 Å². The van der Waals surface area contributed by atoms with Gasteiger partial charge >= 0.3 is 0 Å². The van der Waals surface area contributed by atoms with Gasteiger partial charge < -0.3 is 15.3 Å². The van der Waals surface area contributed by atoms with Crippen LogP contribution >= 0.6 is 0 Å². The molecule has 1 fully saturated rings. The van der Waals surface area contributed by atoms with Gasteiger partial charge in [-0.25, -0.2) is 0 Å². The summed E-state index contributed by atoms with van der Waals surface area (Å²) in [6, 6.07) is 0.611. The van der Waals surface area contributed by atoms with Gasteiger partial charge in [-0.3, -0.25) is 0 Å². The van der Waals surface area contributed by atoms with E-state index in [2.05, 4.69) is 31.1 Å². The van der Waals surface area contributed by atoms with Crippen molar-refractivity contribution in [3.8, 4) is 0 Å². The fourth-order valence-electron chi connectivity index (χ4n) is 2.37. The second kappa shape index (κ2) is 5.10. The fourth-order valence-corrected chi connectivity index (χ4v) is 2.37. The smallest absolute Gasteiger partial charge is 0.0909 e. The molecule has 1 saturated heterocycles. The summed E-state index contributed by atoms with van der Waals surface area (Å²) >= 11 is 0. The zero-order valence-corrected chi connectivity index (χ0v) is 9.71. The summed E-state index contributed by atoms with van der Waals surface area (Å²) in [6.45, 7) is 6.92. The highest BCUT2D eigenvalue weighted by atomic mass is 16.3. The summed E-state index contributed by atoms with van der Waals surface area (Å²) < 4.78 is 0. The Morgan fingerprint density at radius 3 is 2.50 bits per heavy atom. The number of aliphatic hydroxyl groups is 1. The Morgan fingerprint density at radius 1 is 1.43 bits per heavy atom. The van der Waals surface area contributed by atoms with Crippen LogP contribution in [0.15, 0.2) is 0 Å². The molecule has 3 nitrogen and oxygen atoms in total. The Hall–Kier alpha value is -0.120. The van der Waals surface area contributed by atoms with Crippen molar-refractivity contribution in [1.82, 2.24) is 10.2 Å². The molecule has 1 aliphatic rings. The van der Waals surface area contributed by atoms with Crippen LogP contribution in [0.25, 0.3) is 0 Å². The monoisotopic (exact) mass is 200 g/mol. The van der Waals surface area contributed by atoms with Crippen LogP contribution in [0.2, 0.25) is 0 Å². The van der Waals surface area contributed by atoms with Crippen molar-refractivity contribution in [2.75, 3.05) is 26.7 Å². The SMILES string of the molecule is CCC(CC)N(C)CC1(O)CCNC1. The average molecular weight is 200 g/mol. The van der Waals surface area contributed by atoms with Crippen LogP contribution in [0, 0.1) is 0 Å². The van der Waals surface area contributed by atoms with E-state index in [1.54, 1.807) is 0 Å². The lowest BCUT2D eigenvalue weighted by atomic mass is 10.0. The second-order valence-corrected chi connectivity index (χ2v) is 4.54. The predicted molar refractivity (Wildman–Crippen MR) is 59.4 cm³/mol. The van der Waals surface area contributed by atoms with Crippen LogP contribution in [-0.2, 0) is 0 Å². The molecule has 0 spiro atoms. The summed E-state index contributed by atoms with van der Waals surface area (Å²) in [6.07, 6.45) is 3.21. The first-order valence-electron chi connectivity index (χ1n) is 5.74. The van der Waals surface area contributed by atoms with Crippen LogP contribution in [-0.4, -0.2) is 48.3 Å². The van der Waals surface area contributed by atoms with Gasteiger partial charge in [0.2, 0.25) is 0 Å². The van der Waals surface area contributed by atoms with Crippen molar-refractivity contribution in [2.24, 2.45) is 0 Å². The van der Waals surface area contributed by atoms with E-state index in [0.29, 0.717) is 6.04 Å². The van der Waals surface area contributed by atoms with Gasteiger partial charge in [0.25, 0.3) is 0 Å². The number of hydrogen-bond acceptors (Lipinski definition) is 3. The van der Waals surface area contributed by atoms with E-state index in [1.165, 1.54) is 0 Å². The number of likely N-dealkylation sites (N-methyl/N-ethyl adjacent to an activating group) is 1. The number of β-amino-alcohol motifs (C(OH)–C–C–N with tert-alkyl or cyclic N) is 1. The number of hydrogen-bond donors (Lipinski definition) is 2. The van der Waals surface area contributed by atoms with E-state index in [1.807, 2.05) is 0 Å². The highest BCUT2D eigenvalue weighted by molar-refractivity contribution is 4.90.